The number of nitrogens with one attached hydrogen (secondary N) is 1. The van der Waals surface area contributed by atoms with Crippen molar-refractivity contribution >= 4 is 39.6 Å². The number of carbonyl (C=O) groups excluding carboxylic acids is 1. The summed E-state index contributed by atoms with van der Waals surface area (Å²) in [5, 5.41) is 4.19. The first kappa shape index (κ1) is 16.4. The van der Waals surface area contributed by atoms with E-state index in [0.717, 1.165) is 40.8 Å². The average Bonchev–Trinajstić information content (AvgIpc) is 3.01. The number of fused-ring (bicyclic) bond motifs is 3. The first-order valence-electron chi connectivity index (χ1n) is 8.40. The van der Waals surface area contributed by atoms with Gasteiger partial charge in [-0.05, 0) is 23.8 Å². The maximum absolute atomic E-state index is 12.0. The molecule has 0 unspecified atom stereocenters. The number of hydrogen-bond acceptors (Lipinski definition) is 5. The molecule has 0 spiro atoms. The largest absolute Gasteiger partial charge is 0.456 e. The molecule has 2 heterocycles. The molecule has 1 saturated heterocycles. The first-order chi connectivity index (χ1) is 12.3. The molecular formula is C19H20N2O3S. The monoisotopic (exact) mass is 356 g/mol. The van der Waals surface area contributed by atoms with Crippen LogP contribution in [0.2, 0.25) is 0 Å². The second-order valence-electron chi connectivity index (χ2n) is 6.06. The van der Waals surface area contributed by atoms with E-state index >= 15 is 0 Å². The maximum atomic E-state index is 12.0. The Labute approximate surface area is 150 Å². The van der Waals surface area contributed by atoms with Crippen LogP contribution in [-0.2, 0) is 15.3 Å². The lowest BCUT2D eigenvalue weighted by atomic mass is 10.1. The van der Waals surface area contributed by atoms with Crippen LogP contribution in [0.1, 0.15) is 5.56 Å². The molecule has 4 rings (SSSR count). The van der Waals surface area contributed by atoms with Gasteiger partial charge in [-0.3, -0.25) is 10.2 Å². The van der Waals surface area contributed by atoms with Crippen molar-refractivity contribution < 1.29 is 13.9 Å². The number of benzene rings is 2. The Morgan fingerprint density at radius 3 is 2.76 bits per heavy atom. The molecule has 1 amide bonds. The molecule has 3 aromatic rings. The number of hydrazine groups is 1. The molecule has 25 heavy (non-hydrogen) atoms. The maximum Gasteiger partial charge on any atom is 0.244 e. The van der Waals surface area contributed by atoms with E-state index in [9.17, 15) is 4.79 Å². The highest BCUT2D eigenvalue weighted by Crippen LogP contribution is 2.29. The van der Waals surface area contributed by atoms with E-state index in [2.05, 4.69) is 23.6 Å². The van der Waals surface area contributed by atoms with Crippen LogP contribution in [0.5, 0.6) is 0 Å². The van der Waals surface area contributed by atoms with Gasteiger partial charge in [-0.15, -0.1) is 11.8 Å². The van der Waals surface area contributed by atoms with Gasteiger partial charge in [-0.2, -0.15) is 0 Å². The molecule has 1 aromatic heterocycles. The van der Waals surface area contributed by atoms with Crippen LogP contribution >= 0.6 is 11.8 Å². The van der Waals surface area contributed by atoms with Crippen LogP contribution < -0.4 is 5.43 Å². The van der Waals surface area contributed by atoms with Gasteiger partial charge < -0.3 is 9.15 Å². The Morgan fingerprint density at radius 2 is 1.88 bits per heavy atom. The van der Waals surface area contributed by atoms with Gasteiger partial charge in [0.2, 0.25) is 5.91 Å². The number of amides is 1. The molecule has 1 aliphatic heterocycles. The molecule has 1 N–H and O–H groups in total. The van der Waals surface area contributed by atoms with E-state index in [1.165, 1.54) is 5.56 Å². The first-order valence-corrected chi connectivity index (χ1v) is 9.55. The van der Waals surface area contributed by atoms with Gasteiger partial charge >= 0.3 is 0 Å². The molecule has 0 saturated carbocycles. The summed E-state index contributed by atoms with van der Waals surface area (Å²) in [6.45, 7) is 2.85. The zero-order chi connectivity index (χ0) is 17.1. The minimum absolute atomic E-state index is 0.0433. The summed E-state index contributed by atoms with van der Waals surface area (Å²) in [7, 11) is 0. The number of ether oxygens (including phenoxy) is 1. The number of furan rings is 1. The Bertz CT molecular complexity index is 887. The van der Waals surface area contributed by atoms with Crippen molar-refractivity contribution in [2.45, 2.75) is 5.75 Å². The third-order valence-electron chi connectivity index (χ3n) is 4.24. The van der Waals surface area contributed by atoms with Gasteiger partial charge in [0, 0.05) is 29.6 Å². The fourth-order valence-electron chi connectivity index (χ4n) is 3.01. The molecule has 130 valence electrons. The van der Waals surface area contributed by atoms with Crippen LogP contribution in [0, 0.1) is 0 Å². The second-order valence-corrected chi connectivity index (χ2v) is 7.04. The van der Waals surface area contributed by atoms with E-state index in [4.69, 9.17) is 9.15 Å². The van der Waals surface area contributed by atoms with Crippen molar-refractivity contribution in [1.29, 1.82) is 0 Å². The zero-order valence-electron chi connectivity index (χ0n) is 13.9. The van der Waals surface area contributed by atoms with E-state index in [-0.39, 0.29) is 5.91 Å². The molecule has 0 aliphatic carbocycles. The summed E-state index contributed by atoms with van der Waals surface area (Å²) in [6.07, 6.45) is 0. The van der Waals surface area contributed by atoms with Crippen molar-refractivity contribution in [1.82, 2.24) is 10.4 Å². The van der Waals surface area contributed by atoms with Gasteiger partial charge in [0.05, 0.1) is 19.0 Å². The number of morpholine rings is 1. The third kappa shape index (κ3) is 3.81. The fourth-order valence-corrected chi connectivity index (χ4v) is 3.78. The SMILES string of the molecule is O=C(CSCc1ccc2oc3ccccc3c2c1)NN1CCOCC1. The van der Waals surface area contributed by atoms with Crippen LogP contribution in [0.25, 0.3) is 21.9 Å². The molecule has 1 fully saturated rings. The third-order valence-corrected chi connectivity index (χ3v) is 5.24. The van der Waals surface area contributed by atoms with E-state index in [1.54, 1.807) is 11.8 Å². The van der Waals surface area contributed by atoms with Crippen LogP contribution in [0.4, 0.5) is 0 Å². The highest BCUT2D eigenvalue weighted by molar-refractivity contribution is 7.99. The molecule has 6 heteroatoms. The molecule has 5 nitrogen and oxygen atoms in total. The van der Waals surface area contributed by atoms with Crippen molar-refractivity contribution in [2.75, 3.05) is 32.1 Å². The summed E-state index contributed by atoms with van der Waals surface area (Å²) in [5.41, 5.74) is 5.94. The minimum Gasteiger partial charge on any atom is -0.456 e. The van der Waals surface area contributed by atoms with Crippen LogP contribution in [0.15, 0.2) is 46.9 Å². The molecule has 1 aliphatic rings. The lowest BCUT2D eigenvalue weighted by molar-refractivity contribution is -0.125. The smallest absolute Gasteiger partial charge is 0.244 e. The van der Waals surface area contributed by atoms with Crippen molar-refractivity contribution in [3.8, 4) is 0 Å². The lowest BCUT2D eigenvalue weighted by Crippen LogP contribution is -2.48. The number of para-hydroxylation sites is 1. The highest BCUT2D eigenvalue weighted by atomic mass is 32.2. The van der Waals surface area contributed by atoms with Gasteiger partial charge in [0.25, 0.3) is 0 Å². The Hall–Kier alpha value is -2.02. The number of carbonyl (C=O) groups is 1. The van der Waals surface area contributed by atoms with Crippen LogP contribution in [0.3, 0.4) is 0 Å². The fraction of sp³-hybridized carbons (Fsp3) is 0.316. The average molecular weight is 356 g/mol. The predicted octanol–water partition coefficient (Wildman–Crippen LogP) is 3.18. The van der Waals surface area contributed by atoms with E-state index in [0.29, 0.717) is 19.0 Å². The van der Waals surface area contributed by atoms with Crippen molar-refractivity contribution in [2.24, 2.45) is 0 Å². The Morgan fingerprint density at radius 1 is 1.08 bits per heavy atom. The lowest BCUT2D eigenvalue weighted by Gasteiger charge is -2.26. The van der Waals surface area contributed by atoms with Gasteiger partial charge in [0.1, 0.15) is 11.2 Å². The summed E-state index contributed by atoms with van der Waals surface area (Å²) in [5.74, 6) is 1.29. The van der Waals surface area contributed by atoms with Crippen LogP contribution in [-0.4, -0.2) is 43.0 Å². The number of hydrogen-bond donors (Lipinski definition) is 1. The summed E-state index contributed by atoms with van der Waals surface area (Å²) in [6, 6.07) is 14.3. The number of thioether (sulfide) groups is 1. The second kappa shape index (κ2) is 7.47. The summed E-state index contributed by atoms with van der Waals surface area (Å²) >= 11 is 1.62. The Kier molecular flexibility index (Phi) is 4.92. The quantitative estimate of drug-likeness (QED) is 0.761. The minimum atomic E-state index is 0.0433. The highest BCUT2D eigenvalue weighted by Gasteiger charge is 2.13. The zero-order valence-corrected chi connectivity index (χ0v) is 14.7. The summed E-state index contributed by atoms with van der Waals surface area (Å²) < 4.78 is 11.1. The molecule has 0 bridgehead atoms. The number of nitrogens with zero attached hydrogens (tertiary/aromatic N) is 1. The Balaban J connectivity index is 1.36. The predicted molar refractivity (Wildman–Crippen MR) is 100 cm³/mol. The van der Waals surface area contributed by atoms with E-state index < -0.39 is 0 Å². The molecular weight excluding hydrogens is 336 g/mol. The summed E-state index contributed by atoms with van der Waals surface area (Å²) in [4.78, 5) is 12.0. The molecule has 0 radical (unpaired) electrons. The topological polar surface area (TPSA) is 54.7 Å². The number of rotatable bonds is 5. The normalized spacial score (nSPS) is 15.7. The van der Waals surface area contributed by atoms with Gasteiger partial charge in [-0.1, -0.05) is 24.3 Å². The standard InChI is InChI=1S/C19H20N2O3S/c22-19(20-21-7-9-23-10-8-21)13-25-12-14-5-6-18-16(11-14)15-3-1-2-4-17(15)24-18/h1-6,11H,7-10,12-13H2,(H,20,22). The van der Waals surface area contributed by atoms with Crippen molar-refractivity contribution in [3.05, 3.63) is 48.0 Å². The van der Waals surface area contributed by atoms with Gasteiger partial charge in [0.15, 0.2) is 0 Å². The van der Waals surface area contributed by atoms with Crippen molar-refractivity contribution in [3.63, 3.8) is 0 Å². The van der Waals surface area contributed by atoms with E-state index in [1.807, 2.05) is 29.3 Å². The molecule has 2 aromatic carbocycles. The molecule has 0 atom stereocenters. The van der Waals surface area contributed by atoms with Gasteiger partial charge in [-0.25, -0.2) is 5.01 Å².